The Bertz CT molecular complexity index is 1360. The second-order valence-corrected chi connectivity index (χ2v) is 16.7. The molecule has 7 heteroatoms. The Morgan fingerprint density at radius 3 is 2.21 bits per heavy atom. The Hall–Kier alpha value is -2.48. The van der Waals surface area contributed by atoms with E-state index in [4.69, 9.17) is 20.8 Å². The van der Waals surface area contributed by atoms with Gasteiger partial charge in [-0.3, -0.25) is 10.00 Å². The van der Waals surface area contributed by atoms with Crippen LogP contribution in [0.15, 0.2) is 79.0 Å². The van der Waals surface area contributed by atoms with Gasteiger partial charge in [-0.05, 0) is 65.0 Å². The highest BCUT2D eigenvalue weighted by atomic mass is 35.5. The third kappa shape index (κ3) is 4.98. The average molecular weight is 560 g/mol. The number of aromatic nitrogens is 2. The number of aromatic amines is 1. The number of hydrogen-bond donors (Lipinski definition) is 1. The van der Waals surface area contributed by atoms with Crippen LogP contribution in [-0.2, 0) is 9.16 Å². The van der Waals surface area contributed by atoms with Gasteiger partial charge in [-0.1, -0.05) is 93.0 Å². The van der Waals surface area contributed by atoms with E-state index in [1.165, 1.54) is 15.9 Å². The highest BCUT2D eigenvalue weighted by Gasteiger charge is 2.53. The van der Waals surface area contributed by atoms with Crippen molar-refractivity contribution in [3.63, 3.8) is 0 Å². The molecule has 0 aliphatic carbocycles. The molecule has 2 aliphatic rings. The van der Waals surface area contributed by atoms with Crippen molar-refractivity contribution < 1.29 is 9.16 Å². The molecule has 2 atom stereocenters. The number of benzene rings is 3. The smallest absolute Gasteiger partial charge is 0.261 e. The van der Waals surface area contributed by atoms with Gasteiger partial charge in [0.2, 0.25) is 0 Å². The number of H-pyrrole nitrogens is 1. The van der Waals surface area contributed by atoms with Gasteiger partial charge in [0.25, 0.3) is 8.32 Å². The fraction of sp³-hybridized carbons (Fsp3) is 0.406. The second kappa shape index (κ2) is 10.8. The molecule has 5 nitrogen and oxygen atoms in total. The predicted octanol–water partition coefficient (Wildman–Crippen LogP) is 5.74. The molecule has 0 amide bonds. The topological polar surface area (TPSA) is 50.4 Å². The molecule has 4 aromatic rings. The van der Waals surface area contributed by atoms with Crippen molar-refractivity contribution in [1.82, 2.24) is 15.1 Å². The maximum Gasteiger partial charge on any atom is 0.261 e. The molecule has 2 fully saturated rings. The molecule has 3 heterocycles. The molecular weight excluding hydrogens is 522 g/mol. The summed E-state index contributed by atoms with van der Waals surface area (Å²) in [5, 5.41) is 11.8. The molecule has 39 heavy (non-hydrogen) atoms. The normalized spacial score (nSPS) is 21.5. The van der Waals surface area contributed by atoms with E-state index in [1.807, 2.05) is 12.3 Å². The summed E-state index contributed by atoms with van der Waals surface area (Å²) in [6, 6.07) is 26.3. The van der Waals surface area contributed by atoms with Crippen LogP contribution in [-0.4, -0.2) is 61.9 Å². The monoisotopic (exact) mass is 559 g/mol. The largest absolute Gasteiger partial charge is 0.400 e. The van der Waals surface area contributed by atoms with Crippen LogP contribution in [0.5, 0.6) is 0 Å². The van der Waals surface area contributed by atoms with Gasteiger partial charge in [0.15, 0.2) is 0 Å². The summed E-state index contributed by atoms with van der Waals surface area (Å²) in [5.74, 6) is 0.444. The van der Waals surface area contributed by atoms with E-state index in [2.05, 4.69) is 103 Å². The first kappa shape index (κ1) is 26.7. The Morgan fingerprint density at radius 2 is 1.59 bits per heavy atom. The van der Waals surface area contributed by atoms with Gasteiger partial charge in [-0.2, -0.15) is 5.10 Å². The fourth-order valence-corrected chi connectivity index (χ4v) is 11.8. The van der Waals surface area contributed by atoms with E-state index in [1.54, 1.807) is 0 Å². The molecule has 0 saturated carbocycles. The van der Waals surface area contributed by atoms with Crippen LogP contribution in [0.25, 0.3) is 10.9 Å². The third-order valence-electron chi connectivity index (χ3n) is 8.74. The van der Waals surface area contributed by atoms with Gasteiger partial charge in [0.1, 0.15) is 0 Å². The molecule has 1 aromatic heterocycles. The number of nitrogens with one attached hydrogen (secondary N) is 1. The molecule has 0 spiro atoms. The van der Waals surface area contributed by atoms with Gasteiger partial charge >= 0.3 is 0 Å². The number of halogens is 1. The fourth-order valence-electron chi connectivity index (χ4n) is 6.73. The van der Waals surface area contributed by atoms with E-state index < -0.39 is 8.32 Å². The zero-order chi connectivity index (χ0) is 27.0. The number of piperidine rings is 1. The van der Waals surface area contributed by atoms with Gasteiger partial charge in [-0.15, -0.1) is 0 Å². The number of nitrogens with zero attached hydrogens (tertiary/aromatic N) is 2. The molecule has 0 bridgehead atoms. The molecule has 0 radical (unpaired) electrons. The summed E-state index contributed by atoms with van der Waals surface area (Å²) < 4.78 is 13.7. The summed E-state index contributed by atoms with van der Waals surface area (Å²) in [5.41, 5.74) is 2.29. The maximum atomic E-state index is 7.51. The molecule has 3 aromatic carbocycles. The Morgan fingerprint density at radius 1 is 0.949 bits per heavy atom. The van der Waals surface area contributed by atoms with Gasteiger partial charge in [0.05, 0.1) is 37.1 Å². The molecule has 204 valence electrons. The lowest BCUT2D eigenvalue weighted by Gasteiger charge is -2.46. The van der Waals surface area contributed by atoms with Crippen LogP contribution >= 0.6 is 11.6 Å². The van der Waals surface area contributed by atoms with Crippen LogP contribution in [0.4, 0.5) is 0 Å². The van der Waals surface area contributed by atoms with Crippen LogP contribution in [0.3, 0.4) is 0 Å². The number of fused-ring (bicyclic) bond motifs is 1. The Kier molecular flexibility index (Phi) is 7.42. The van der Waals surface area contributed by atoms with Crippen molar-refractivity contribution in [2.24, 2.45) is 0 Å². The molecule has 0 unspecified atom stereocenters. The van der Waals surface area contributed by atoms with Crippen molar-refractivity contribution >= 4 is 41.2 Å². The van der Waals surface area contributed by atoms with Gasteiger partial charge in [0, 0.05) is 10.4 Å². The summed E-state index contributed by atoms with van der Waals surface area (Å²) in [6.07, 6.45) is 4.00. The first-order chi connectivity index (χ1) is 18.9. The number of ether oxygens (including phenoxy) is 1. The Labute approximate surface area is 237 Å². The molecule has 2 saturated heterocycles. The van der Waals surface area contributed by atoms with E-state index in [-0.39, 0.29) is 17.2 Å². The summed E-state index contributed by atoms with van der Waals surface area (Å²) >= 11 is 6.72. The maximum absolute atomic E-state index is 7.51. The first-order valence-electron chi connectivity index (χ1n) is 14.1. The lowest BCUT2D eigenvalue weighted by molar-refractivity contribution is 0.0747. The van der Waals surface area contributed by atoms with E-state index >= 15 is 0 Å². The molecule has 2 aliphatic heterocycles. The van der Waals surface area contributed by atoms with E-state index in [0.29, 0.717) is 19.1 Å². The van der Waals surface area contributed by atoms with Crippen LogP contribution < -0.4 is 10.4 Å². The highest BCUT2D eigenvalue weighted by Crippen LogP contribution is 2.40. The third-order valence-corrected chi connectivity index (χ3v) is 14.1. The standard InChI is InChI=1S/C32H38ClN3O2Si/c1-32(2,3)39(25-10-6-4-7-11-25,26-12-8-5-9-13-26)38-31-22-37-21-30(31)36-16-14-23(15-17-36)27-19-29-24(18-28(27)33)20-34-35-29/h4-13,18-20,23,30-31H,14-17,21-22H2,1-3H3,(H,34,35)/t30-,31+/m1/s1. The first-order valence-corrected chi connectivity index (χ1v) is 16.4. The minimum absolute atomic E-state index is 0.0257. The average Bonchev–Trinajstić information content (AvgIpc) is 3.61. The predicted molar refractivity (Wildman–Crippen MR) is 162 cm³/mol. The van der Waals surface area contributed by atoms with Crippen LogP contribution in [0.2, 0.25) is 10.1 Å². The summed E-state index contributed by atoms with van der Waals surface area (Å²) in [4.78, 5) is 2.61. The molecule has 6 rings (SSSR count). The van der Waals surface area contributed by atoms with E-state index in [9.17, 15) is 0 Å². The van der Waals surface area contributed by atoms with Gasteiger partial charge < -0.3 is 9.16 Å². The van der Waals surface area contributed by atoms with Crippen molar-refractivity contribution in [1.29, 1.82) is 0 Å². The summed E-state index contributed by atoms with van der Waals surface area (Å²) in [7, 11) is -2.65. The van der Waals surface area contributed by atoms with E-state index in [0.717, 1.165) is 41.9 Å². The minimum Gasteiger partial charge on any atom is -0.400 e. The zero-order valence-electron chi connectivity index (χ0n) is 23.1. The Balaban J connectivity index is 1.25. The number of likely N-dealkylation sites (tertiary alicyclic amines) is 1. The molecule has 1 N–H and O–H groups in total. The van der Waals surface area contributed by atoms with Crippen molar-refractivity contribution in [2.75, 3.05) is 26.3 Å². The highest BCUT2D eigenvalue weighted by molar-refractivity contribution is 6.99. The van der Waals surface area contributed by atoms with Crippen molar-refractivity contribution in [2.45, 2.75) is 56.7 Å². The minimum atomic E-state index is -2.65. The van der Waals surface area contributed by atoms with Gasteiger partial charge in [-0.25, -0.2) is 0 Å². The lowest BCUT2D eigenvalue weighted by Crippen LogP contribution is -2.69. The summed E-state index contributed by atoms with van der Waals surface area (Å²) in [6.45, 7) is 10.4. The second-order valence-electron chi connectivity index (χ2n) is 12.1. The van der Waals surface area contributed by atoms with Crippen molar-refractivity contribution in [3.8, 4) is 0 Å². The van der Waals surface area contributed by atoms with Crippen LogP contribution in [0.1, 0.15) is 45.1 Å². The van der Waals surface area contributed by atoms with Crippen LogP contribution in [0, 0.1) is 0 Å². The number of rotatable bonds is 6. The SMILES string of the molecule is CC(C)(C)[Si](O[C@H]1COC[C@H]1N1CCC(c2cc3[nH]ncc3cc2Cl)CC1)(c1ccccc1)c1ccccc1. The number of hydrogen-bond acceptors (Lipinski definition) is 4. The zero-order valence-corrected chi connectivity index (χ0v) is 24.8. The van der Waals surface area contributed by atoms with Crippen molar-refractivity contribution in [3.05, 3.63) is 89.6 Å². The quantitative estimate of drug-likeness (QED) is 0.306. The molecular formula is C32H38ClN3O2Si. The lowest BCUT2D eigenvalue weighted by atomic mass is 9.88.